The normalized spacial score (nSPS) is 19.9. The first-order valence-electron chi connectivity index (χ1n) is 8.67. The predicted octanol–water partition coefficient (Wildman–Crippen LogP) is 3.08. The van der Waals surface area contributed by atoms with Gasteiger partial charge in [-0.1, -0.05) is 30.3 Å². The predicted molar refractivity (Wildman–Crippen MR) is 90.6 cm³/mol. The summed E-state index contributed by atoms with van der Waals surface area (Å²) in [5.41, 5.74) is 2.91. The molecule has 0 aliphatic carbocycles. The Morgan fingerprint density at radius 3 is 2.72 bits per heavy atom. The molecule has 0 saturated carbocycles. The molecule has 0 unspecified atom stereocenters. The third-order valence-electron chi connectivity index (χ3n) is 5.50. The molecule has 3 aliphatic heterocycles. The second-order valence-corrected chi connectivity index (χ2v) is 6.77. The average molecular weight is 337 g/mol. The number of likely N-dealkylation sites (tertiary alicyclic amines) is 1. The lowest BCUT2D eigenvalue weighted by atomic mass is 9.83. The molecule has 2 aromatic carbocycles. The summed E-state index contributed by atoms with van der Waals surface area (Å²) >= 11 is 0. The summed E-state index contributed by atoms with van der Waals surface area (Å²) in [5.74, 6) is 1.21. The first-order valence-corrected chi connectivity index (χ1v) is 8.67. The number of hydrogen-bond donors (Lipinski definition) is 0. The van der Waals surface area contributed by atoms with Gasteiger partial charge in [-0.25, -0.2) is 0 Å². The number of nitrogens with zero attached hydrogens (tertiary/aromatic N) is 1. The van der Waals surface area contributed by atoms with Crippen LogP contribution in [0.3, 0.4) is 0 Å². The van der Waals surface area contributed by atoms with E-state index in [2.05, 4.69) is 24.3 Å². The molecule has 1 fully saturated rings. The van der Waals surface area contributed by atoms with Crippen molar-refractivity contribution in [1.82, 2.24) is 4.90 Å². The fourth-order valence-electron chi connectivity index (χ4n) is 4.14. The van der Waals surface area contributed by atoms with Crippen molar-refractivity contribution < 1.29 is 19.0 Å². The van der Waals surface area contributed by atoms with Gasteiger partial charge in [0.1, 0.15) is 0 Å². The summed E-state index contributed by atoms with van der Waals surface area (Å²) in [5, 5.41) is 0. The third-order valence-corrected chi connectivity index (χ3v) is 5.50. The second kappa shape index (κ2) is 5.49. The van der Waals surface area contributed by atoms with Gasteiger partial charge in [0.2, 0.25) is 6.79 Å². The molecule has 0 bridgehead atoms. The zero-order chi connectivity index (χ0) is 16.9. The van der Waals surface area contributed by atoms with Gasteiger partial charge in [-0.05, 0) is 36.1 Å². The monoisotopic (exact) mass is 337 g/mol. The van der Waals surface area contributed by atoms with Crippen LogP contribution in [-0.4, -0.2) is 30.7 Å². The largest absolute Gasteiger partial charge is 0.454 e. The minimum atomic E-state index is -0.231. The highest BCUT2D eigenvalue weighted by Crippen LogP contribution is 2.44. The molecule has 25 heavy (non-hydrogen) atoms. The van der Waals surface area contributed by atoms with E-state index in [0.29, 0.717) is 36.8 Å². The van der Waals surface area contributed by atoms with Crippen LogP contribution >= 0.6 is 0 Å². The molecule has 1 amide bonds. The average Bonchev–Trinajstić information content (AvgIpc) is 3.28. The molecular weight excluding hydrogens is 318 g/mol. The lowest BCUT2D eigenvalue weighted by molar-refractivity contribution is -0.0741. The Morgan fingerprint density at radius 2 is 1.84 bits per heavy atom. The van der Waals surface area contributed by atoms with Crippen molar-refractivity contribution in [1.29, 1.82) is 0 Å². The summed E-state index contributed by atoms with van der Waals surface area (Å²) in [6, 6.07) is 13.9. The SMILES string of the molecule is O=C(c1cccc2c1OCO2)N1CCC2(CC1)OCc1ccccc12. The number of hydrogen-bond acceptors (Lipinski definition) is 4. The molecule has 3 aliphatic rings. The standard InChI is InChI=1S/C20H19NO4/c22-19(15-5-3-7-17-18(15)24-13-23-17)21-10-8-20(9-11-21)16-6-2-1-4-14(16)12-25-20/h1-7H,8-13H2. The molecule has 5 heteroatoms. The number of amides is 1. The van der Waals surface area contributed by atoms with Gasteiger partial charge >= 0.3 is 0 Å². The van der Waals surface area contributed by atoms with E-state index in [4.69, 9.17) is 14.2 Å². The van der Waals surface area contributed by atoms with Crippen LogP contribution in [-0.2, 0) is 16.9 Å². The number of benzene rings is 2. The van der Waals surface area contributed by atoms with E-state index in [-0.39, 0.29) is 18.3 Å². The van der Waals surface area contributed by atoms with Crippen LogP contribution in [0, 0.1) is 0 Å². The molecule has 5 rings (SSSR count). The summed E-state index contributed by atoms with van der Waals surface area (Å²) in [6.45, 7) is 2.20. The highest BCUT2D eigenvalue weighted by atomic mass is 16.7. The van der Waals surface area contributed by atoms with Gasteiger partial charge in [0.15, 0.2) is 11.5 Å². The van der Waals surface area contributed by atoms with Crippen LogP contribution in [0.2, 0.25) is 0 Å². The van der Waals surface area contributed by atoms with Crippen LogP contribution in [0.15, 0.2) is 42.5 Å². The minimum Gasteiger partial charge on any atom is -0.454 e. The fourth-order valence-corrected chi connectivity index (χ4v) is 4.14. The Labute approximate surface area is 146 Å². The molecule has 0 atom stereocenters. The summed E-state index contributed by atoms with van der Waals surface area (Å²) in [7, 11) is 0. The molecule has 3 heterocycles. The molecular formula is C20H19NO4. The maximum absolute atomic E-state index is 13.0. The van der Waals surface area contributed by atoms with Crippen molar-refractivity contribution in [2.45, 2.75) is 25.0 Å². The Hall–Kier alpha value is -2.53. The highest BCUT2D eigenvalue weighted by molar-refractivity contribution is 5.98. The Bertz CT molecular complexity index is 839. The van der Waals surface area contributed by atoms with Gasteiger partial charge in [0.25, 0.3) is 5.91 Å². The van der Waals surface area contributed by atoms with Gasteiger partial charge in [-0.15, -0.1) is 0 Å². The maximum atomic E-state index is 13.0. The van der Waals surface area contributed by atoms with E-state index in [1.807, 2.05) is 23.1 Å². The molecule has 1 saturated heterocycles. The van der Waals surface area contributed by atoms with Crippen molar-refractivity contribution in [2.75, 3.05) is 19.9 Å². The number of ether oxygens (including phenoxy) is 3. The van der Waals surface area contributed by atoms with Gasteiger partial charge in [0.05, 0.1) is 17.8 Å². The third kappa shape index (κ3) is 2.23. The van der Waals surface area contributed by atoms with E-state index in [1.54, 1.807) is 0 Å². The van der Waals surface area contributed by atoms with Gasteiger partial charge in [-0.3, -0.25) is 4.79 Å². The lowest BCUT2D eigenvalue weighted by Crippen LogP contribution is -2.45. The number of para-hydroxylation sites is 1. The molecule has 128 valence electrons. The van der Waals surface area contributed by atoms with Crippen molar-refractivity contribution >= 4 is 5.91 Å². The van der Waals surface area contributed by atoms with Crippen molar-refractivity contribution in [3.05, 3.63) is 59.2 Å². The second-order valence-electron chi connectivity index (χ2n) is 6.77. The van der Waals surface area contributed by atoms with E-state index >= 15 is 0 Å². The summed E-state index contributed by atoms with van der Waals surface area (Å²) in [4.78, 5) is 14.9. The zero-order valence-electron chi connectivity index (χ0n) is 13.9. The Balaban J connectivity index is 1.36. The van der Waals surface area contributed by atoms with Crippen LogP contribution in [0.1, 0.15) is 34.3 Å². The number of carbonyl (C=O) groups is 1. The smallest absolute Gasteiger partial charge is 0.257 e. The molecule has 0 aromatic heterocycles. The number of piperidine rings is 1. The van der Waals surface area contributed by atoms with E-state index < -0.39 is 0 Å². The Kier molecular flexibility index (Phi) is 3.25. The van der Waals surface area contributed by atoms with Crippen LogP contribution in [0.5, 0.6) is 11.5 Å². The van der Waals surface area contributed by atoms with Gasteiger partial charge in [0, 0.05) is 13.1 Å². The molecule has 2 aromatic rings. The number of fused-ring (bicyclic) bond motifs is 3. The van der Waals surface area contributed by atoms with Gasteiger partial charge < -0.3 is 19.1 Å². The summed E-state index contributed by atoms with van der Waals surface area (Å²) in [6.07, 6.45) is 1.64. The lowest BCUT2D eigenvalue weighted by Gasteiger charge is -2.39. The molecule has 0 N–H and O–H groups in total. The molecule has 5 nitrogen and oxygen atoms in total. The first kappa shape index (κ1) is 14.8. The fraction of sp³-hybridized carbons (Fsp3) is 0.350. The van der Waals surface area contributed by atoms with E-state index in [0.717, 1.165) is 12.8 Å². The van der Waals surface area contributed by atoms with Gasteiger partial charge in [-0.2, -0.15) is 0 Å². The van der Waals surface area contributed by atoms with E-state index in [9.17, 15) is 4.79 Å². The zero-order valence-corrected chi connectivity index (χ0v) is 13.9. The van der Waals surface area contributed by atoms with Crippen molar-refractivity contribution in [3.8, 4) is 11.5 Å². The van der Waals surface area contributed by atoms with Crippen LogP contribution < -0.4 is 9.47 Å². The molecule has 1 spiro atoms. The first-order chi connectivity index (χ1) is 12.3. The van der Waals surface area contributed by atoms with Crippen LogP contribution in [0.4, 0.5) is 0 Å². The van der Waals surface area contributed by atoms with Crippen molar-refractivity contribution in [3.63, 3.8) is 0 Å². The minimum absolute atomic E-state index is 0.00322. The van der Waals surface area contributed by atoms with Crippen LogP contribution in [0.25, 0.3) is 0 Å². The quantitative estimate of drug-likeness (QED) is 0.802. The van der Waals surface area contributed by atoms with Crippen molar-refractivity contribution in [2.24, 2.45) is 0 Å². The maximum Gasteiger partial charge on any atom is 0.257 e. The number of rotatable bonds is 1. The van der Waals surface area contributed by atoms with E-state index in [1.165, 1.54) is 11.1 Å². The highest BCUT2D eigenvalue weighted by Gasteiger charge is 2.43. The Morgan fingerprint density at radius 1 is 1.00 bits per heavy atom. The summed E-state index contributed by atoms with van der Waals surface area (Å²) < 4.78 is 17.0. The topological polar surface area (TPSA) is 48.0 Å². The molecule has 0 radical (unpaired) electrons. The number of carbonyl (C=O) groups excluding carboxylic acids is 1.